The van der Waals surface area contributed by atoms with Crippen molar-refractivity contribution in [1.82, 2.24) is 0 Å². The number of hydrogen-bond acceptors (Lipinski definition) is 5. The molecular formula is C21H15ClN2O4S. The zero-order valence-corrected chi connectivity index (χ0v) is 16.8. The number of hydrogen-bond donors (Lipinski definition) is 0. The number of sulfonamides is 1. The number of carbonyl (C=O) groups is 1. The van der Waals surface area contributed by atoms with Crippen LogP contribution in [0.5, 0.6) is 5.75 Å². The molecule has 8 heteroatoms. The Labute approximate surface area is 173 Å². The standard InChI is InChI=1S/C21H15ClN2O4S/c1-24(20-17-7-3-5-9-19(17)29(26,27)23-20)14-10-12-15(13-11-14)28-21(25)16-6-2-4-8-18(16)22/h2-13H,1H3. The van der Waals surface area contributed by atoms with E-state index in [2.05, 4.69) is 4.40 Å². The fourth-order valence-corrected chi connectivity index (χ4v) is 4.43. The molecule has 0 radical (unpaired) electrons. The van der Waals surface area contributed by atoms with Crippen LogP contribution in [0.15, 0.2) is 82.1 Å². The molecule has 0 aliphatic carbocycles. The summed E-state index contributed by atoms with van der Waals surface area (Å²) < 4.78 is 33.8. The Hall–Kier alpha value is -3.16. The molecule has 0 N–H and O–H groups in total. The van der Waals surface area contributed by atoms with Crippen LogP contribution in [0.25, 0.3) is 0 Å². The minimum Gasteiger partial charge on any atom is -0.423 e. The first kappa shape index (κ1) is 19.2. The highest BCUT2D eigenvalue weighted by Crippen LogP contribution is 2.30. The van der Waals surface area contributed by atoms with Gasteiger partial charge < -0.3 is 9.64 Å². The number of benzene rings is 3. The molecule has 0 fully saturated rings. The topological polar surface area (TPSA) is 76.0 Å². The van der Waals surface area contributed by atoms with Crippen LogP contribution in [0.1, 0.15) is 15.9 Å². The highest BCUT2D eigenvalue weighted by molar-refractivity contribution is 7.90. The number of nitrogens with zero attached hydrogens (tertiary/aromatic N) is 2. The van der Waals surface area contributed by atoms with Crippen molar-refractivity contribution < 1.29 is 17.9 Å². The molecular weight excluding hydrogens is 412 g/mol. The van der Waals surface area contributed by atoms with Gasteiger partial charge in [0.1, 0.15) is 10.6 Å². The largest absolute Gasteiger partial charge is 0.423 e. The summed E-state index contributed by atoms with van der Waals surface area (Å²) in [5.41, 5.74) is 1.51. The third kappa shape index (κ3) is 3.62. The van der Waals surface area contributed by atoms with E-state index in [0.717, 1.165) is 0 Å². The molecule has 3 aromatic rings. The van der Waals surface area contributed by atoms with Crippen molar-refractivity contribution in [2.24, 2.45) is 4.40 Å². The van der Waals surface area contributed by atoms with Crippen molar-refractivity contribution >= 4 is 39.1 Å². The summed E-state index contributed by atoms with van der Waals surface area (Å²) in [7, 11) is -1.98. The van der Waals surface area contributed by atoms with Gasteiger partial charge in [0.2, 0.25) is 0 Å². The second-order valence-corrected chi connectivity index (χ2v) is 8.29. The van der Waals surface area contributed by atoms with E-state index < -0.39 is 16.0 Å². The molecule has 29 heavy (non-hydrogen) atoms. The molecule has 0 aromatic heterocycles. The van der Waals surface area contributed by atoms with Gasteiger partial charge in [-0.05, 0) is 48.5 Å². The quantitative estimate of drug-likeness (QED) is 0.464. The van der Waals surface area contributed by atoms with Crippen LogP contribution in [0.3, 0.4) is 0 Å². The second-order valence-electron chi connectivity index (χ2n) is 6.31. The first-order chi connectivity index (χ1) is 13.9. The highest BCUT2D eigenvalue weighted by atomic mass is 35.5. The lowest BCUT2D eigenvalue weighted by Gasteiger charge is -2.19. The number of fused-ring (bicyclic) bond motifs is 1. The molecule has 6 nitrogen and oxygen atoms in total. The average Bonchev–Trinajstić information content (AvgIpc) is 3.00. The van der Waals surface area contributed by atoms with Crippen LogP contribution in [0.4, 0.5) is 5.69 Å². The molecule has 0 unspecified atom stereocenters. The summed E-state index contributed by atoms with van der Waals surface area (Å²) in [6.07, 6.45) is 0. The maximum absolute atomic E-state index is 12.3. The Bertz CT molecular complexity index is 1240. The molecule has 0 atom stereocenters. The van der Waals surface area contributed by atoms with Crippen molar-refractivity contribution in [3.63, 3.8) is 0 Å². The van der Waals surface area contributed by atoms with E-state index in [9.17, 15) is 13.2 Å². The maximum Gasteiger partial charge on any atom is 0.345 e. The van der Waals surface area contributed by atoms with Gasteiger partial charge in [0, 0.05) is 18.3 Å². The molecule has 0 saturated heterocycles. The van der Waals surface area contributed by atoms with Gasteiger partial charge in [0.05, 0.1) is 10.6 Å². The SMILES string of the molecule is CN(C1=NS(=O)(=O)c2ccccc21)c1ccc(OC(=O)c2ccccc2Cl)cc1. The van der Waals surface area contributed by atoms with Gasteiger partial charge in [-0.15, -0.1) is 4.40 Å². The van der Waals surface area contributed by atoms with E-state index in [4.69, 9.17) is 16.3 Å². The molecule has 0 saturated carbocycles. The van der Waals surface area contributed by atoms with Crippen LogP contribution in [0, 0.1) is 0 Å². The zero-order valence-electron chi connectivity index (χ0n) is 15.2. The predicted octanol–water partition coefficient (Wildman–Crippen LogP) is 4.14. The monoisotopic (exact) mass is 426 g/mol. The number of ether oxygens (including phenoxy) is 1. The summed E-state index contributed by atoms with van der Waals surface area (Å²) in [5, 5.41) is 0.313. The van der Waals surface area contributed by atoms with Gasteiger partial charge in [0.15, 0.2) is 5.84 Å². The van der Waals surface area contributed by atoms with E-state index in [1.54, 1.807) is 78.7 Å². The van der Waals surface area contributed by atoms with Crippen molar-refractivity contribution in [3.05, 3.63) is 88.9 Å². The minimum atomic E-state index is -3.70. The molecule has 0 spiro atoms. The maximum atomic E-state index is 12.3. The normalized spacial score (nSPS) is 14.1. The van der Waals surface area contributed by atoms with E-state index in [0.29, 0.717) is 27.9 Å². The number of rotatable bonds is 3. The van der Waals surface area contributed by atoms with E-state index >= 15 is 0 Å². The summed E-state index contributed by atoms with van der Waals surface area (Å²) in [5.74, 6) is 0.117. The van der Waals surface area contributed by atoms with Crippen molar-refractivity contribution in [1.29, 1.82) is 0 Å². The van der Waals surface area contributed by atoms with Gasteiger partial charge in [-0.3, -0.25) is 0 Å². The zero-order chi connectivity index (χ0) is 20.6. The predicted molar refractivity (Wildman–Crippen MR) is 111 cm³/mol. The molecule has 1 aliphatic rings. The third-order valence-electron chi connectivity index (χ3n) is 4.46. The van der Waals surface area contributed by atoms with Gasteiger partial charge in [-0.2, -0.15) is 8.42 Å². The van der Waals surface area contributed by atoms with Crippen LogP contribution in [-0.2, 0) is 10.0 Å². The summed E-state index contributed by atoms with van der Waals surface area (Å²) >= 11 is 6.02. The summed E-state index contributed by atoms with van der Waals surface area (Å²) in [6, 6.07) is 20.0. The molecule has 3 aromatic carbocycles. The first-order valence-corrected chi connectivity index (χ1v) is 10.4. The second kappa shape index (κ2) is 7.35. The van der Waals surface area contributed by atoms with Crippen LogP contribution < -0.4 is 9.64 Å². The highest BCUT2D eigenvalue weighted by Gasteiger charge is 2.30. The van der Waals surface area contributed by atoms with Gasteiger partial charge in [-0.25, -0.2) is 4.79 Å². The van der Waals surface area contributed by atoms with Crippen LogP contribution in [0.2, 0.25) is 5.02 Å². The number of carbonyl (C=O) groups excluding carboxylic acids is 1. The summed E-state index contributed by atoms with van der Waals surface area (Å²) in [4.78, 5) is 14.1. The number of amidine groups is 1. The Morgan fingerprint density at radius 2 is 1.62 bits per heavy atom. The fraction of sp³-hybridized carbons (Fsp3) is 0.0476. The lowest BCUT2D eigenvalue weighted by Crippen LogP contribution is -2.25. The van der Waals surface area contributed by atoms with Gasteiger partial charge in [-0.1, -0.05) is 35.9 Å². The Morgan fingerprint density at radius 1 is 0.966 bits per heavy atom. The lowest BCUT2D eigenvalue weighted by molar-refractivity contribution is 0.0735. The number of anilines is 1. The van der Waals surface area contributed by atoms with E-state index in [1.807, 2.05) is 0 Å². The van der Waals surface area contributed by atoms with E-state index in [-0.39, 0.29) is 10.5 Å². The van der Waals surface area contributed by atoms with Crippen LogP contribution >= 0.6 is 11.6 Å². The first-order valence-electron chi connectivity index (χ1n) is 8.62. The smallest absolute Gasteiger partial charge is 0.345 e. The Kier molecular flexibility index (Phi) is 4.86. The van der Waals surface area contributed by atoms with Crippen molar-refractivity contribution in [2.45, 2.75) is 4.90 Å². The Morgan fingerprint density at radius 3 is 2.34 bits per heavy atom. The molecule has 0 bridgehead atoms. The molecule has 146 valence electrons. The molecule has 1 aliphatic heterocycles. The van der Waals surface area contributed by atoms with Gasteiger partial charge in [0.25, 0.3) is 10.0 Å². The minimum absolute atomic E-state index is 0.187. The van der Waals surface area contributed by atoms with Gasteiger partial charge >= 0.3 is 5.97 Å². The molecule has 4 rings (SSSR count). The van der Waals surface area contributed by atoms with Crippen molar-refractivity contribution in [2.75, 3.05) is 11.9 Å². The third-order valence-corrected chi connectivity index (χ3v) is 6.11. The Balaban J connectivity index is 1.56. The average molecular weight is 427 g/mol. The molecule has 1 heterocycles. The lowest BCUT2D eigenvalue weighted by atomic mass is 10.2. The number of esters is 1. The molecule has 0 amide bonds. The van der Waals surface area contributed by atoms with Crippen molar-refractivity contribution in [3.8, 4) is 5.75 Å². The fourth-order valence-electron chi connectivity index (χ4n) is 2.98. The number of halogens is 1. The van der Waals surface area contributed by atoms with Crippen LogP contribution in [-0.4, -0.2) is 27.3 Å². The summed E-state index contributed by atoms with van der Waals surface area (Å²) in [6.45, 7) is 0. The van der Waals surface area contributed by atoms with E-state index in [1.165, 1.54) is 6.07 Å².